The average Bonchev–Trinajstić information content (AvgIpc) is 2.85. The number of hydrogen-bond donors (Lipinski definition) is 1. The third-order valence-electron chi connectivity index (χ3n) is 3.59. The lowest BCUT2D eigenvalue weighted by molar-refractivity contribution is 0.0696. The Kier molecular flexibility index (Phi) is 4.08. The molecular weight excluding hydrogens is 294 g/mol. The minimum absolute atomic E-state index is 0.268. The summed E-state index contributed by atoms with van der Waals surface area (Å²) in [5.41, 5.74) is 3.77. The Hall–Kier alpha value is -2.73. The minimum atomic E-state index is -0.937. The van der Waals surface area contributed by atoms with E-state index >= 15 is 0 Å². The number of aromatic carboxylic acids is 1. The number of aryl methyl sites for hydroxylation is 1. The summed E-state index contributed by atoms with van der Waals surface area (Å²) in [5, 5.41) is 9.12. The van der Waals surface area contributed by atoms with Gasteiger partial charge in [0.05, 0.1) is 12.1 Å². The van der Waals surface area contributed by atoms with Crippen LogP contribution in [-0.4, -0.2) is 32.7 Å². The van der Waals surface area contributed by atoms with Crippen molar-refractivity contribution in [3.05, 3.63) is 59.0 Å². The maximum absolute atomic E-state index is 11.1. The van der Waals surface area contributed by atoms with Crippen LogP contribution in [0.15, 0.2) is 36.5 Å². The number of benzene rings is 1. The van der Waals surface area contributed by atoms with Gasteiger partial charge in [0.2, 0.25) is 0 Å². The molecule has 118 valence electrons. The fourth-order valence-electron chi connectivity index (χ4n) is 2.55. The van der Waals surface area contributed by atoms with Crippen molar-refractivity contribution in [2.45, 2.75) is 20.1 Å². The Bertz CT molecular complexity index is 871. The van der Waals surface area contributed by atoms with E-state index < -0.39 is 5.97 Å². The van der Waals surface area contributed by atoms with E-state index in [-0.39, 0.29) is 5.56 Å². The predicted octanol–water partition coefficient (Wildman–Crippen LogP) is 2.63. The van der Waals surface area contributed by atoms with E-state index in [2.05, 4.69) is 9.97 Å². The monoisotopic (exact) mass is 311 g/mol. The van der Waals surface area contributed by atoms with Crippen molar-refractivity contribution < 1.29 is 14.6 Å². The Morgan fingerprint density at radius 3 is 2.91 bits per heavy atom. The summed E-state index contributed by atoms with van der Waals surface area (Å²) >= 11 is 0. The first-order chi connectivity index (χ1) is 11.1. The van der Waals surface area contributed by atoms with Crippen LogP contribution in [0.3, 0.4) is 0 Å². The van der Waals surface area contributed by atoms with Gasteiger partial charge in [-0.25, -0.2) is 14.8 Å². The van der Waals surface area contributed by atoms with Crippen LogP contribution in [0.4, 0.5) is 0 Å². The lowest BCUT2D eigenvalue weighted by atomic mass is 10.1. The molecule has 2 aromatic heterocycles. The molecule has 0 atom stereocenters. The van der Waals surface area contributed by atoms with Crippen LogP contribution >= 0.6 is 0 Å². The molecule has 0 saturated heterocycles. The van der Waals surface area contributed by atoms with Gasteiger partial charge in [-0.3, -0.25) is 0 Å². The molecule has 0 bridgehead atoms. The second kappa shape index (κ2) is 6.18. The fourth-order valence-corrected chi connectivity index (χ4v) is 2.55. The van der Waals surface area contributed by atoms with Gasteiger partial charge in [-0.15, -0.1) is 0 Å². The van der Waals surface area contributed by atoms with Crippen LogP contribution < -0.4 is 0 Å². The zero-order chi connectivity index (χ0) is 16.4. The summed E-state index contributed by atoms with van der Waals surface area (Å²) in [5.74, 6) is -0.172. The first-order valence-electron chi connectivity index (χ1n) is 7.21. The number of carbonyl (C=O) groups is 1. The van der Waals surface area contributed by atoms with Gasteiger partial charge >= 0.3 is 5.97 Å². The van der Waals surface area contributed by atoms with Gasteiger partial charge in [-0.2, -0.15) is 0 Å². The van der Waals surface area contributed by atoms with Crippen molar-refractivity contribution >= 4 is 17.1 Å². The second-order valence-electron chi connectivity index (χ2n) is 5.41. The highest BCUT2D eigenvalue weighted by molar-refractivity contribution is 5.87. The molecule has 1 aromatic carbocycles. The summed E-state index contributed by atoms with van der Waals surface area (Å²) in [6.45, 7) is 2.83. The van der Waals surface area contributed by atoms with Gasteiger partial charge in [0.15, 0.2) is 5.65 Å². The third-order valence-corrected chi connectivity index (χ3v) is 3.59. The molecule has 0 aliphatic heterocycles. The van der Waals surface area contributed by atoms with Crippen molar-refractivity contribution in [2.75, 3.05) is 7.11 Å². The van der Waals surface area contributed by atoms with E-state index in [1.165, 1.54) is 0 Å². The largest absolute Gasteiger partial charge is 0.478 e. The van der Waals surface area contributed by atoms with Crippen molar-refractivity contribution in [3.8, 4) is 0 Å². The zero-order valence-corrected chi connectivity index (χ0v) is 13.0. The number of rotatable bonds is 5. The van der Waals surface area contributed by atoms with E-state index in [1.54, 1.807) is 31.5 Å². The number of aromatic nitrogens is 3. The maximum atomic E-state index is 11.1. The molecule has 23 heavy (non-hydrogen) atoms. The van der Waals surface area contributed by atoms with Crippen molar-refractivity contribution in [1.82, 2.24) is 14.5 Å². The van der Waals surface area contributed by atoms with E-state index in [4.69, 9.17) is 9.84 Å². The number of ether oxygens (including phenoxy) is 1. The molecule has 1 N–H and O–H groups in total. The number of carboxylic acid groups (broad SMARTS) is 1. The highest BCUT2D eigenvalue weighted by atomic mass is 16.5. The van der Waals surface area contributed by atoms with Crippen LogP contribution in [0.5, 0.6) is 0 Å². The average molecular weight is 311 g/mol. The molecule has 0 saturated carbocycles. The quantitative estimate of drug-likeness (QED) is 0.784. The van der Waals surface area contributed by atoms with Gasteiger partial charge in [0.25, 0.3) is 0 Å². The SMILES string of the molecule is COCc1nc2cc(C)cnc2n1Cc1cccc(C(=O)O)c1. The highest BCUT2D eigenvalue weighted by Crippen LogP contribution is 2.18. The number of hydrogen-bond acceptors (Lipinski definition) is 4. The molecular formula is C17H17N3O3. The van der Waals surface area contributed by atoms with Crippen molar-refractivity contribution in [2.24, 2.45) is 0 Å². The number of nitrogens with zero attached hydrogens (tertiary/aromatic N) is 3. The van der Waals surface area contributed by atoms with Crippen LogP contribution in [0.25, 0.3) is 11.2 Å². The van der Waals surface area contributed by atoms with E-state index in [9.17, 15) is 4.79 Å². The molecule has 0 aliphatic rings. The molecule has 2 heterocycles. The fraction of sp³-hybridized carbons (Fsp3) is 0.235. The molecule has 0 spiro atoms. The molecule has 6 heteroatoms. The predicted molar refractivity (Wildman–Crippen MR) is 85.5 cm³/mol. The van der Waals surface area contributed by atoms with E-state index in [1.807, 2.05) is 23.6 Å². The minimum Gasteiger partial charge on any atom is -0.478 e. The highest BCUT2D eigenvalue weighted by Gasteiger charge is 2.13. The molecule has 0 radical (unpaired) electrons. The lowest BCUT2D eigenvalue weighted by Crippen LogP contribution is -2.08. The Morgan fingerprint density at radius 1 is 1.35 bits per heavy atom. The second-order valence-corrected chi connectivity index (χ2v) is 5.41. The van der Waals surface area contributed by atoms with Gasteiger partial charge < -0.3 is 14.4 Å². The molecule has 0 amide bonds. The summed E-state index contributed by atoms with van der Waals surface area (Å²) in [7, 11) is 1.62. The first kappa shape index (κ1) is 15.2. The third kappa shape index (κ3) is 3.07. The first-order valence-corrected chi connectivity index (χ1v) is 7.21. The summed E-state index contributed by atoms with van der Waals surface area (Å²) in [6, 6.07) is 8.86. The van der Waals surface area contributed by atoms with E-state index in [0.29, 0.717) is 13.2 Å². The molecule has 0 aliphatic carbocycles. The molecule has 3 aromatic rings. The standard InChI is InChI=1S/C17H17N3O3/c1-11-6-14-16(18-8-11)20(15(19-14)10-23-2)9-12-4-3-5-13(7-12)17(21)22/h3-8H,9-10H2,1-2H3,(H,21,22). The maximum Gasteiger partial charge on any atom is 0.335 e. The van der Waals surface area contributed by atoms with Crippen molar-refractivity contribution in [1.29, 1.82) is 0 Å². The summed E-state index contributed by atoms with van der Waals surface area (Å²) in [6.07, 6.45) is 1.80. The Labute approximate surface area is 133 Å². The Balaban J connectivity index is 2.06. The van der Waals surface area contributed by atoms with Crippen molar-refractivity contribution in [3.63, 3.8) is 0 Å². The van der Waals surface area contributed by atoms with Crippen LogP contribution in [0.1, 0.15) is 27.3 Å². The molecule has 6 nitrogen and oxygen atoms in total. The molecule has 0 unspecified atom stereocenters. The number of methoxy groups -OCH3 is 1. The van der Waals surface area contributed by atoms with Gasteiger partial charge in [-0.05, 0) is 36.2 Å². The number of pyridine rings is 1. The number of imidazole rings is 1. The number of fused-ring (bicyclic) bond motifs is 1. The smallest absolute Gasteiger partial charge is 0.335 e. The van der Waals surface area contributed by atoms with Gasteiger partial charge in [0, 0.05) is 13.3 Å². The topological polar surface area (TPSA) is 77.2 Å². The van der Waals surface area contributed by atoms with Crippen LogP contribution in [0.2, 0.25) is 0 Å². The van der Waals surface area contributed by atoms with Gasteiger partial charge in [0.1, 0.15) is 17.9 Å². The van der Waals surface area contributed by atoms with Gasteiger partial charge in [-0.1, -0.05) is 12.1 Å². The molecule has 3 rings (SSSR count). The summed E-state index contributed by atoms with van der Waals surface area (Å²) < 4.78 is 7.18. The molecule has 0 fully saturated rings. The van der Waals surface area contributed by atoms with E-state index in [0.717, 1.165) is 28.1 Å². The van der Waals surface area contributed by atoms with Crippen LogP contribution in [-0.2, 0) is 17.9 Å². The normalized spacial score (nSPS) is 11.0. The van der Waals surface area contributed by atoms with Crippen LogP contribution in [0, 0.1) is 6.92 Å². The lowest BCUT2D eigenvalue weighted by Gasteiger charge is -2.09. The Morgan fingerprint density at radius 2 is 2.17 bits per heavy atom. The zero-order valence-electron chi connectivity index (χ0n) is 13.0. The number of carboxylic acids is 1. The summed E-state index contributed by atoms with van der Waals surface area (Å²) in [4.78, 5) is 20.2.